The molecule has 0 bridgehead atoms. The van der Waals surface area contributed by atoms with Gasteiger partial charge in [0.15, 0.2) is 0 Å². The molecule has 0 aromatic heterocycles. The normalized spacial score (nSPS) is 10.7. The topological polar surface area (TPSA) is 153 Å². The SMILES string of the molecule is N.Nc1ccc(Nc2ccc(N)cc2S(=O)(=O)O)cc1. The molecular formula is C12H16N4O3S. The summed E-state index contributed by atoms with van der Waals surface area (Å²) in [5.41, 5.74) is 12.8. The highest BCUT2D eigenvalue weighted by molar-refractivity contribution is 7.86. The molecule has 0 fully saturated rings. The molecule has 0 spiro atoms. The Morgan fingerprint density at radius 1 is 0.950 bits per heavy atom. The van der Waals surface area contributed by atoms with Gasteiger partial charge in [-0.15, -0.1) is 0 Å². The third-order valence-corrected chi connectivity index (χ3v) is 3.37. The van der Waals surface area contributed by atoms with E-state index in [-0.39, 0.29) is 22.4 Å². The van der Waals surface area contributed by atoms with Crippen LogP contribution in [0.4, 0.5) is 22.7 Å². The number of anilines is 4. The Morgan fingerprint density at radius 3 is 2.05 bits per heavy atom. The van der Waals surface area contributed by atoms with Crippen LogP contribution in [0.2, 0.25) is 0 Å². The van der Waals surface area contributed by atoms with Gasteiger partial charge in [-0.25, -0.2) is 0 Å². The van der Waals surface area contributed by atoms with Crippen LogP contribution in [0.15, 0.2) is 47.4 Å². The lowest BCUT2D eigenvalue weighted by molar-refractivity contribution is 0.483. The van der Waals surface area contributed by atoms with Crippen molar-refractivity contribution in [3.63, 3.8) is 0 Å². The van der Waals surface area contributed by atoms with E-state index in [0.29, 0.717) is 11.4 Å². The van der Waals surface area contributed by atoms with Gasteiger partial charge in [0.25, 0.3) is 10.1 Å². The standard InChI is InChI=1S/C12H13N3O3S.H3N/c13-8-1-4-10(5-2-8)15-11-6-3-9(14)7-12(11)19(16,17)18;/h1-7,15H,13-14H2,(H,16,17,18);1H3. The van der Waals surface area contributed by atoms with Crippen LogP contribution in [-0.4, -0.2) is 13.0 Å². The lowest BCUT2D eigenvalue weighted by Crippen LogP contribution is -2.04. The Hall–Kier alpha value is -2.29. The van der Waals surface area contributed by atoms with E-state index in [4.69, 9.17) is 11.5 Å². The lowest BCUT2D eigenvalue weighted by Gasteiger charge is -2.11. The number of hydrogen-bond acceptors (Lipinski definition) is 6. The zero-order valence-electron chi connectivity index (χ0n) is 10.6. The van der Waals surface area contributed by atoms with Gasteiger partial charge in [-0.1, -0.05) is 0 Å². The lowest BCUT2D eigenvalue weighted by atomic mass is 10.2. The van der Waals surface area contributed by atoms with E-state index in [0.717, 1.165) is 0 Å². The van der Waals surface area contributed by atoms with Gasteiger partial charge in [-0.3, -0.25) is 4.55 Å². The fourth-order valence-corrected chi connectivity index (χ4v) is 2.26. The molecule has 9 N–H and O–H groups in total. The Kier molecular flexibility index (Phi) is 4.56. The zero-order chi connectivity index (χ0) is 14.0. The van der Waals surface area contributed by atoms with E-state index in [9.17, 15) is 13.0 Å². The number of nitrogens with two attached hydrogens (primary N) is 2. The minimum Gasteiger partial charge on any atom is -0.399 e. The van der Waals surface area contributed by atoms with Crippen molar-refractivity contribution >= 4 is 32.9 Å². The summed E-state index contributed by atoms with van der Waals surface area (Å²) in [6.07, 6.45) is 0. The number of benzene rings is 2. The summed E-state index contributed by atoms with van der Waals surface area (Å²) in [7, 11) is -4.35. The molecule has 0 heterocycles. The fourth-order valence-electron chi connectivity index (χ4n) is 1.58. The van der Waals surface area contributed by atoms with Crippen molar-refractivity contribution in [1.29, 1.82) is 0 Å². The smallest absolute Gasteiger partial charge is 0.296 e. The van der Waals surface area contributed by atoms with Crippen LogP contribution in [0.25, 0.3) is 0 Å². The Bertz CT molecular complexity index is 699. The van der Waals surface area contributed by atoms with Crippen LogP contribution in [0.5, 0.6) is 0 Å². The monoisotopic (exact) mass is 296 g/mol. The molecular weight excluding hydrogens is 280 g/mol. The molecule has 20 heavy (non-hydrogen) atoms. The third kappa shape index (κ3) is 3.60. The van der Waals surface area contributed by atoms with Gasteiger partial charge in [0, 0.05) is 17.1 Å². The van der Waals surface area contributed by atoms with Crippen molar-refractivity contribution in [3.05, 3.63) is 42.5 Å². The molecule has 0 atom stereocenters. The minimum atomic E-state index is -4.35. The molecule has 7 nitrogen and oxygen atoms in total. The molecule has 2 aromatic carbocycles. The fraction of sp³-hybridized carbons (Fsp3) is 0. The maximum absolute atomic E-state index is 11.3. The highest BCUT2D eigenvalue weighted by atomic mass is 32.2. The van der Waals surface area contributed by atoms with Crippen LogP contribution in [0.3, 0.4) is 0 Å². The van der Waals surface area contributed by atoms with Gasteiger partial charge in [-0.2, -0.15) is 8.42 Å². The summed E-state index contributed by atoms with van der Waals surface area (Å²) < 4.78 is 31.8. The van der Waals surface area contributed by atoms with Crippen molar-refractivity contribution in [2.24, 2.45) is 0 Å². The van der Waals surface area contributed by atoms with Crippen LogP contribution in [-0.2, 0) is 10.1 Å². The van der Waals surface area contributed by atoms with E-state index < -0.39 is 10.1 Å². The second-order valence-corrected chi connectivity index (χ2v) is 5.37. The highest BCUT2D eigenvalue weighted by Gasteiger charge is 2.16. The first-order valence-electron chi connectivity index (χ1n) is 5.36. The number of hydrogen-bond donors (Lipinski definition) is 5. The molecule has 0 aliphatic heterocycles. The first-order chi connectivity index (χ1) is 8.86. The van der Waals surface area contributed by atoms with Crippen molar-refractivity contribution in [1.82, 2.24) is 6.15 Å². The molecule has 0 aliphatic rings. The molecule has 108 valence electrons. The summed E-state index contributed by atoms with van der Waals surface area (Å²) in [6, 6.07) is 10.9. The average molecular weight is 296 g/mol. The predicted octanol–water partition coefficient (Wildman–Crippen LogP) is 2.00. The van der Waals surface area contributed by atoms with Crippen molar-refractivity contribution in [2.45, 2.75) is 4.90 Å². The van der Waals surface area contributed by atoms with E-state index >= 15 is 0 Å². The molecule has 2 aromatic rings. The highest BCUT2D eigenvalue weighted by Crippen LogP contribution is 2.27. The van der Waals surface area contributed by atoms with Crippen LogP contribution in [0.1, 0.15) is 0 Å². The maximum atomic E-state index is 11.3. The van der Waals surface area contributed by atoms with Gasteiger partial charge >= 0.3 is 0 Å². The molecule has 0 saturated heterocycles. The van der Waals surface area contributed by atoms with E-state index in [1.54, 1.807) is 24.3 Å². The average Bonchev–Trinajstić information content (AvgIpc) is 2.33. The summed E-state index contributed by atoms with van der Waals surface area (Å²) in [5.74, 6) is 0. The van der Waals surface area contributed by atoms with Gasteiger partial charge in [0.1, 0.15) is 4.90 Å². The molecule has 0 amide bonds. The molecule has 0 unspecified atom stereocenters. The Labute approximate surface area is 116 Å². The summed E-state index contributed by atoms with van der Waals surface area (Å²) in [4.78, 5) is -0.274. The van der Waals surface area contributed by atoms with Crippen LogP contribution >= 0.6 is 0 Å². The quantitative estimate of drug-likeness (QED) is 0.428. The van der Waals surface area contributed by atoms with Crippen molar-refractivity contribution in [2.75, 3.05) is 16.8 Å². The number of nitrogens with one attached hydrogen (secondary N) is 1. The van der Waals surface area contributed by atoms with Gasteiger partial charge in [0.2, 0.25) is 0 Å². The first-order valence-corrected chi connectivity index (χ1v) is 6.80. The predicted molar refractivity (Wildman–Crippen MR) is 79.8 cm³/mol. The van der Waals surface area contributed by atoms with Crippen LogP contribution < -0.4 is 22.9 Å². The summed E-state index contributed by atoms with van der Waals surface area (Å²) in [5, 5.41) is 2.88. The van der Waals surface area contributed by atoms with Crippen LogP contribution in [0, 0.1) is 0 Å². The molecule has 8 heteroatoms. The first kappa shape index (κ1) is 15.8. The Morgan fingerprint density at radius 2 is 1.50 bits per heavy atom. The number of nitrogen functional groups attached to an aromatic ring is 2. The van der Waals surface area contributed by atoms with E-state index in [1.807, 2.05) is 0 Å². The van der Waals surface area contributed by atoms with Gasteiger partial charge < -0.3 is 22.9 Å². The van der Waals surface area contributed by atoms with E-state index in [2.05, 4.69) is 5.32 Å². The molecule has 0 radical (unpaired) electrons. The van der Waals surface area contributed by atoms with Gasteiger partial charge in [-0.05, 0) is 42.5 Å². The summed E-state index contributed by atoms with van der Waals surface area (Å²) in [6.45, 7) is 0. The van der Waals surface area contributed by atoms with Crippen molar-refractivity contribution < 1.29 is 13.0 Å². The third-order valence-electron chi connectivity index (χ3n) is 2.47. The summed E-state index contributed by atoms with van der Waals surface area (Å²) >= 11 is 0. The Balaban J connectivity index is 0.00000200. The second kappa shape index (κ2) is 5.78. The van der Waals surface area contributed by atoms with Gasteiger partial charge in [0.05, 0.1) is 5.69 Å². The molecule has 2 rings (SSSR count). The van der Waals surface area contributed by atoms with E-state index in [1.165, 1.54) is 18.2 Å². The van der Waals surface area contributed by atoms with Crippen molar-refractivity contribution in [3.8, 4) is 0 Å². The largest absolute Gasteiger partial charge is 0.399 e. The molecule has 0 saturated carbocycles. The minimum absolute atomic E-state index is 0. The maximum Gasteiger partial charge on any atom is 0.296 e. The zero-order valence-corrected chi connectivity index (χ0v) is 11.4. The molecule has 0 aliphatic carbocycles. The number of rotatable bonds is 3. The second-order valence-electron chi connectivity index (χ2n) is 3.98.